The van der Waals surface area contributed by atoms with Crippen molar-refractivity contribution < 1.29 is 4.79 Å². The van der Waals surface area contributed by atoms with Gasteiger partial charge >= 0.3 is 6.03 Å². The lowest BCUT2D eigenvalue weighted by molar-refractivity contribution is 0.216. The molecule has 0 bridgehead atoms. The Kier molecular flexibility index (Phi) is 5.62. The third-order valence-electron chi connectivity index (χ3n) is 5.86. The van der Waals surface area contributed by atoms with Crippen LogP contribution in [-0.4, -0.2) is 39.6 Å². The van der Waals surface area contributed by atoms with Crippen LogP contribution >= 0.6 is 0 Å². The Morgan fingerprint density at radius 2 is 2.07 bits per heavy atom. The average molecular weight is 370 g/mol. The number of benzene rings is 1. The molecular weight excluding hydrogens is 338 g/mol. The molecule has 6 nitrogen and oxygen atoms in total. The van der Waals surface area contributed by atoms with Crippen LogP contribution in [0, 0.1) is 0 Å². The molecule has 146 valence electrons. The molecule has 1 aliphatic heterocycles. The molecule has 4 rings (SSSR count). The number of nitrogens with one attached hydrogen (secondary N) is 2. The van der Waals surface area contributed by atoms with Gasteiger partial charge < -0.3 is 15.2 Å². The number of fused-ring (bicyclic) bond motifs is 3. The number of imidazole rings is 1. The van der Waals surface area contributed by atoms with Gasteiger partial charge in [-0.3, -0.25) is 4.90 Å². The van der Waals surface area contributed by atoms with E-state index >= 15 is 0 Å². The van der Waals surface area contributed by atoms with Gasteiger partial charge in [-0.2, -0.15) is 0 Å². The number of amides is 2. The summed E-state index contributed by atoms with van der Waals surface area (Å²) in [4.78, 5) is 19.6. The fourth-order valence-electron chi connectivity index (χ4n) is 4.32. The number of hydrogen-bond donors (Lipinski definition) is 2. The summed E-state index contributed by atoms with van der Waals surface area (Å²) in [7, 11) is 0. The first-order valence-electron chi connectivity index (χ1n) is 10.5. The summed E-state index contributed by atoms with van der Waals surface area (Å²) in [6.45, 7) is 6.37. The fourth-order valence-corrected chi connectivity index (χ4v) is 4.32. The van der Waals surface area contributed by atoms with Crippen LogP contribution in [0.25, 0.3) is 11.0 Å². The molecule has 0 radical (unpaired) electrons. The van der Waals surface area contributed by atoms with Gasteiger partial charge in [0.25, 0.3) is 0 Å². The van der Waals surface area contributed by atoms with Gasteiger partial charge in [0.1, 0.15) is 5.82 Å². The summed E-state index contributed by atoms with van der Waals surface area (Å²) >= 11 is 0. The quantitative estimate of drug-likeness (QED) is 0.834. The highest BCUT2D eigenvalue weighted by molar-refractivity contribution is 5.92. The average Bonchev–Trinajstić information content (AvgIpc) is 3.03. The third-order valence-corrected chi connectivity index (χ3v) is 5.86. The minimum absolute atomic E-state index is 0.101. The van der Waals surface area contributed by atoms with Gasteiger partial charge in [0, 0.05) is 24.8 Å². The Morgan fingerprint density at radius 3 is 2.89 bits per heavy atom. The summed E-state index contributed by atoms with van der Waals surface area (Å²) in [5, 5.41) is 6.10. The molecule has 0 spiro atoms. The molecule has 6 heteroatoms. The SMILES string of the molecule is CCCCN1CCn2c(nc3cc(NC(=O)NC4CCCCC4)ccc32)C1. The number of aromatic nitrogens is 2. The van der Waals surface area contributed by atoms with Crippen LogP contribution in [0.1, 0.15) is 57.7 Å². The lowest BCUT2D eigenvalue weighted by Gasteiger charge is -2.27. The normalized spacial score (nSPS) is 18.4. The maximum Gasteiger partial charge on any atom is 0.319 e. The summed E-state index contributed by atoms with van der Waals surface area (Å²) in [6, 6.07) is 6.29. The Labute approximate surface area is 161 Å². The molecule has 2 heterocycles. The van der Waals surface area contributed by atoms with Crippen LogP contribution in [0.5, 0.6) is 0 Å². The largest absolute Gasteiger partial charge is 0.335 e. The lowest BCUT2D eigenvalue weighted by atomic mass is 9.96. The van der Waals surface area contributed by atoms with Crippen LogP contribution in [-0.2, 0) is 13.1 Å². The highest BCUT2D eigenvalue weighted by Gasteiger charge is 2.20. The summed E-state index contributed by atoms with van der Waals surface area (Å²) in [5.41, 5.74) is 2.95. The molecule has 2 aromatic rings. The first kappa shape index (κ1) is 18.3. The molecule has 1 aliphatic carbocycles. The second-order valence-corrected chi connectivity index (χ2v) is 7.95. The zero-order chi connectivity index (χ0) is 18.6. The molecule has 0 atom stereocenters. The number of carbonyl (C=O) groups is 1. The van der Waals surface area contributed by atoms with Crippen molar-refractivity contribution in [1.29, 1.82) is 0 Å². The van der Waals surface area contributed by atoms with E-state index in [1.807, 2.05) is 12.1 Å². The Bertz CT molecular complexity index is 793. The monoisotopic (exact) mass is 369 g/mol. The molecular formula is C21H31N5O. The van der Waals surface area contributed by atoms with Crippen molar-refractivity contribution in [2.24, 2.45) is 0 Å². The lowest BCUT2D eigenvalue weighted by Crippen LogP contribution is -2.39. The Morgan fingerprint density at radius 1 is 1.22 bits per heavy atom. The van der Waals surface area contributed by atoms with Crippen molar-refractivity contribution >= 4 is 22.8 Å². The Balaban J connectivity index is 1.43. The van der Waals surface area contributed by atoms with Gasteiger partial charge in [-0.1, -0.05) is 32.6 Å². The first-order chi connectivity index (χ1) is 13.2. The molecule has 2 N–H and O–H groups in total. The fraction of sp³-hybridized carbons (Fsp3) is 0.619. The summed E-state index contributed by atoms with van der Waals surface area (Å²) in [5.74, 6) is 1.14. The second-order valence-electron chi connectivity index (χ2n) is 7.95. The molecule has 2 aliphatic rings. The molecule has 27 heavy (non-hydrogen) atoms. The van der Waals surface area contributed by atoms with E-state index in [0.717, 1.165) is 56.0 Å². The number of nitrogens with zero attached hydrogens (tertiary/aromatic N) is 3. The van der Waals surface area contributed by atoms with Gasteiger partial charge in [0.15, 0.2) is 0 Å². The topological polar surface area (TPSA) is 62.2 Å². The number of urea groups is 1. The molecule has 0 saturated heterocycles. The van der Waals surface area contributed by atoms with Gasteiger partial charge in [-0.25, -0.2) is 9.78 Å². The van der Waals surface area contributed by atoms with Crippen molar-refractivity contribution in [2.45, 2.75) is 71.0 Å². The van der Waals surface area contributed by atoms with E-state index < -0.39 is 0 Å². The van der Waals surface area contributed by atoms with Crippen molar-refractivity contribution in [3.05, 3.63) is 24.0 Å². The third kappa shape index (κ3) is 4.26. The second kappa shape index (κ2) is 8.30. The van der Waals surface area contributed by atoms with Gasteiger partial charge in [0.2, 0.25) is 0 Å². The zero-order valence-corrected chi connectivity index (χ0v) is 16.3. The maximum absolute atomic E-state index is 12.3. The van der Waals surface area contributed by atoms with E-state index in [4.69, 9.17) is 4.98 Å². The predicted molar refractivity (Wildman–Crippen MR) is 109 cm³/mol. The van der Waals surface area contributed by atoms with E-state index in [0.29, 0.717) is 6.04 Å². The highest BCUT2D eigenvalue weighted by atomic mass is 16.2. The number of carbonyl (C=O) groups excluding carboxylic acids is 1. The summed E-state index contributed by atoms with van der Waals surface area (Å²) < 4.78 is 2.32. The van der Waals surface area contributed by atoms with Crippen molar-refractivity contribution in [1.82, 2.24) is 19.8 Å². The van der Waals surface area contributed by atoms with Gasteiger partial charge in [-0.15, -0.1) is 0 Å². The van der Waals surface area contributed by atoms with Gasteiger partial charge in [0.05, 0.1) is 17.6 Å². The predicted octanol–water partition coefficient (Wildman–Crippen LogP) is 4.11. The van der Waals surface area contributed by atoms with Crippen LogP contribution in [0.2, 0.25) is 0 Å². The van der Waals surface area contributed by atoms with E-state index in [-0.39, 0.29) is 6.03 Å². The van der Waals surface area contributed by atoms with Crippen molar-refractivity contribution in [3.8, 4) is 0 Å². The molecule has 1 aromatic carbocycles. The molecule has 1 aromatic heterocycles. The van der Waals surface area contributed by atoms with E-state index in [1.165, 1.54) is 37.6 Å². The standard InChI is InChI=1S/C21H31N5O/c1-2-3-11-25-12-13-26-19-10-9-17(14-18(19)24-20(26)15-25)23-21(27)22-16-7-5-4-6-8-16/h9-10,14,16H,2-8,11-13,15H2,1H3,(H2,22,23,27). The van der Waals surface area contributed by atoms with Crippen LogP contribution in [0.15, 0.2) is 18.2 Å². The van der Waals surface area contributed by atoms with Crippen LogP contribution in [0.4, 0.5) is 10.5 Å². The first-order valence-corrected chi connectivity index (χ1v) is 10.5. The molecule has 1 saturated carbocycles. The van der Waals surface area contributed by atoms with Crippen LogP contribution in [0.3, 0.4) is 0 Å². The van der Waals surface area contributed by atoms with E-state index in [2.05, 4.69) is 33.1 Å². The molecule has 0 unspecified atom stereocenters. The minimum Gasteiger partial charge on any atom is -0.335 e. The number of rotatable bonds is 5. The zero-order valence-electron chi connectivity index (χ0n) is 16.3. The minimum atomic E-state index is -0.101. The smallest absolute Gasteiger partial charge is 0.319 e. The Hall–Kier alpha value is -2.08. The van der Waals surface area contributed by atoms with E-state index in [9.17, 15) is 4.79 Å². The van der Waals surface area contributed by atoms with Gasteiger partial charge in [-0.05, 0) is 44.0 Å². The van der Waals surface area contributed by atoms with E-state index in [1.54, 1.807) is 0 Å². The highest BCUT2D eigenvalue weighted by Crippen LogP contribution is 2.24. The van der Waals surface area contributed by atoms with Crippen molar-refractivity contribution in [2.75, 3.05) is 18.4 Å². The van der Waals surface area contributed by atoms with Crippen molar-refractivity contribution in [3.63, 3.8) is 0 Å². The number of anilines is 1. The van der Waals surface area contributed by atoms with Crippen LogP contribution < -0.4 is 10.6 Å². The molecule has 2 amide bonds. The maximum atomic E-state index is 12.3. The number of hydrogen-bond acceptors (Lipinski definition) is 3. The number of unbranched alkanes of at least 4 members (excludes halogenated alkanes) is 1. The summed E-state index contributed by atoms with van der Waals surface area (Å²) in [6.07, 6.45) is 8.37. The molecule has 1 fully saturated rings.